The molecule has 5 nitrogen and oxygen atoms in total. The maximum atomic E-state index is 12.6. The standard InChI is InChI=1S/C14H11F3O5S2/c1-8-5-3-4-6-9(8)10-7-23-12(13(18)21-2)11(10)22-24(19,20)14(15,16)17/h3-7H,1-2H3. The van der Waals surface area contributed by atoms with Gasteiger partial charge in [-0.3, -0.25) is 0 Å². The number of aryl methyl sites for hydroxylation is 1. The van der Waals surface area contributed by atoms with E-state index in [2.05, 4.69) is 8.92 Å². The molecule has 130 valence electrons. The molecule has 1 heterocycles. The molecule has 0 aliphatic rings. The minimum Gasteiger partial charge on any atom is -0.465 e. The van der Waals surface area contributed by atoms with E-state index >= 15 is 0 Å². The monoisotopic (exact) mass is 380 g/mol. The fourth-order valence-electron chi connectivity index (χ4n) is 1.88. The summed E-state index contributed by atoms with van der Waals surface area (Å²) in [7, 11) is -4.90. The average Bonchev–Trinajstić information content (AvgIpc) is 2.88. The molecule has 1 aromatic carbocycles. The number of ether oxygens (including phenoxy) is 1. The molecule has 24 heavy (non-hydrogen) atoms. The van der Waals surface area contributed by atoms with Gasteiger partial charge in [0.05, 0.1) is 7.11 Å². The molecule has 0 unspecified atom stereocenters. The Morgan fingerprint density at radius 2 is 1.79 bits per heavy atom. The number of benzene rings is 1. The van der Waals surface area contributed by atoms with Crippen LogP contribution in [0.25, 0.3) is 11.1 Å². The zero-order chi connectivity index (χ0) is 18.1. The van der Waals surface area contributed by atoms with Crippen molar-refractivity contribution in [3.63, 3.8) is 0 Å². The molecule has 0 amide bonds. The second-order valence-electron chi connectivity index (χ2n) is 4.60. The van der Waals surface area contributed by atoms with Crippen LogP contribution in [0.2, 0.25) is 0 Å². The third-order valence-electron chi connectivity index (χ3n) is 3.03. The lowest BCUT2D eigenvalue weighted by molar-refractivity contribution is -0.0500. The Hall–Kier alpha value is -2.07. The van der Waals surface area contributed by atoms with Crippen LogP contribution in [0.15, 0.2) is 29.6 Å². The van der Waals surface area contributed by atoms with Gasteiger partial charge < -0.3 is 8.92 Å². The summed E-state index contributed by atoms with van der Waals surface area (Å²) in [6, 6.07) is 6.59. The van der Waals surface area contributed by atoms with Gasteiger partial charge in [-0.05, 0) is 18.1 Å². The molecule has 1 aromatic heterocycles. The van der Waals surface area contributed by atoms with Gasteiger partial charge in [0.15, 0.2) is 10.6 Å². The zero-order valence-corrected chi connectivity index (χ0v) is 14.0. The van der Waals surface area contributed by atoms with Gasteiger partial charge in [-0.25, -0.2) is 4.79 Å². The number of carbonyl (C=O) groups excluding carboxylic acids is 1. The minimum atomic E-state index is -5.93. The maximum absolute atomic E-state index is 12.6. The number of thiophene rings is 1. The first kappa shape index (κ1) is 18.3. The van der Waals surface area contributed by atoms with E-state index < -0.39 is 27.3 Å². The van der Waals surface area contributed by atoms with E-state index in [9.17, 15) is 26.4 Å². The number of halogens is 3. The molecule has 0 aliphatic carbocycles. The normalized spacial score (nSPS) is 12.0. The van der Waals surface area contributed by atoms with Gasteiger partial charge in [0.2, 0.25) is 0 Å². The number of esters is 1. The van der Waals surface area contributed by atoms with Crippen molar-refractivity contribution in [3.05, 3.63) is 40.1 Å². The summed E-state index contributed by atoms with van der Waals surface area (Å²) in [6.07, 6.45) is 0. The summed E-state index contributed by atoms with van der Waals surface area (Å²) < 4.78 is 69.3. The Labute approximate surface area is 139 Å². The van der Waals surface area contributed by atoms with Crippen LogP contribution in [0.4, 0.5) is 13.2 Å². The molecule has 0 radical (unpaired) electrons. The van der Waals surface area contributed by atoms with Gasteiger partial charge >= 0.3 is 21.6 Å². The van der Waals surface area contributed by atoms with Crippen LogP contribution in [0.5, 0.6) is 5.75 Å². The highest BCUT2D eigenvalue weighted by molar-refractivity contribution is 7.88. The molecular weight excluding hydrogens is 369 g/mol. The number of carbonyl (C=O) groups is 1. The van der Waals surface area contributed by atoms with Gasteiger partial charge in [0, 0.05) is 10.9 Å². The Balaban J connectivity index is 2.65. The van der Waals surface area contributed by atoms with Crippen molar-refractivity contribution in [2.24, 2.45) is 0 Å². The van der Waals surface area contributed by atoms with Gasteiger partial charge in [-0.15, -0.1) is 11.3 Å². The van der Waals surface area contributed by atoms with Crippen LogP contribution >= 0.6 is 11.3 Å². The predicted octanol–water partition coefficient (Wildman–Crippen LogP) is 3.74. The summed E-state index contributed by atoms with van der Waals surface area (Å²) in [5.74, 6) is -1.69. The lowest BCUT2D eigenvalue weighted by atomic mass is 10.0. The van der Waals surface area contributed by atoms with Crippen LogP contribution in [0, 0.1) is 6.92 Å². The first-order chi connectivity index (χ1) is 11.1. The summed E-state index contributed by atoms with van der Waals surface area (Å²) in [5.41, 5.74) is -4.45. The second kappa shape index (κ2) is 6.44. The fourth-order valence-corrected chi connectivity index (χ4v) is 3.33. The first-order valence-electron chi connectivity index (χ1n) is 6.35. The SMILES string of the molecule is COC(=O)c1scc(-c2ccccc2C)c1OS(=O)(=O)C(F)(F)F. The topological polar surface area (TPSA) is 69.7 Å². The molecule has 10 heteroatoms. The molecule has 0 spiro atoms. The molecule has 0 atom stereocenters. The van der Waals surface area contributed by atoms with Crippen molar-refractivity contribution in [3.8, 4) is 16.9 Å². The van der Waals surface area contributed by atoms with Crippen molar-refractivity contribution >= 4 is 27.4 Å². The van der Waals surface area contributed by atoms with Gasteiger partial charge in [0.25, 0.3) is 0 Å². The van der Waals surface area contributed by atoms with Crippen molar-refractivity contribution in [2.75, 3.05) is 7.11 Å². The van der Waals surface area contributed by atoms with Gasteiger partial charge in [-0.1, -0.05) is 24.3 Å². The van der Waals surface area contributed by atoms with E-state index in [4.69, 9.17) is 0 Å². The highest BCUT2D eigenvalue weighted by Crippen LogP contribution is 2.42. The Morgan fingerprint density at radius 1 is 1.17 bits per heavy atom. The lowest BCUT2D eigenvalue weighted by Crippen LogP contribution is -2.28. The largest absolute Gasteiger partial charge is 0.534 e. The highest BCUT2D eigenvalue weighted by Gasteiger charge is 2.49. The van der Waals surface area contributed by atoms with Crippen LogP contribution < -0.4 is 4.18 Å². The Kier molecular flexibility index (Phi) is 4.90. The fraction of sp³-hybridized carbons (Fsp3) is 0.214. The second-order valence-corrected chi connectivity index (χ2v) is 7.01. The van der Waals surface area contributed by atoms with Gasteiger partial charge in [-0.2, -0.15) is 21.6 Å². The quantitative estimate of drug-likeness (QED) is 0.459. The van der Waals surface area contributed by atoms with E-state index in [1.165, 1.54) is 5.38 Å². The average molecular weight is 380 g/mol. The number of hydrogen-bond donors (Lipinski definition) is 0. The third kappa shape index (κ3) is 3.39. The van der Waals surface area contributed by atoms with Crippen molar-refractivity contribution < 1.29 is 35.3 Å². The number of hydrogen-bond acceptors (Lipinski definition) is 6. The lowest BCUT2D eigenvalue weighted by Gasteiger charge is -2.12. The van der Waals surface area contributed by atoms with Crippen molar-refractivity contribution in [1.82, 2.24) is 0 Å². The number of methoxy groups -OCH3 is 1. The molecule has 2 aromatic rings. The van der Waals surface area contributed by atoms with E-state index in [0.29, 0.717) is 11.1 Å². The number of rotatable bonds is 4. The smallest absolute Gasteiger partial charge is 0.465 e. The summed E-state index contributed by atoms with van der Waals surface area (Å²) >= 11 is 0.732. The van der Waals surface area contributed by atoms with Crippen LogP contribution in [-0.2, 0) is 14.9 Å². The molecular formula is C14H11F3O5S2. The number of alkyl halides is 3. The van der Waals surface area contributed by atoms with Crippen LogP contribution in [-0.4, -0.2) is 27.0 Å². The molecule has 0 saturated carbocycles. The van der Waals surface area contributed by atoms with Gasteiger partial charge in [0.1, 0.15) is 0 Å². The zero-order valence-electron chi connectivity index (χ0n) is 12.4. The molecule has 0 saturated heterocycles. The van der Waals surface area contributed by atoms with E-state index in [-0.39, 0.29) is 10.4 Å². The summed E-state index contributed by atoms with van der Waals surface area (Å²) in [4.78, 5) is 11.4. The van der Waals surface area contributed by atoms with Crippen LogP contribution in [0.3, 0.4) is 0 Å². The van der Waals surface area contributed by atoms with Crippen molar-refractivity contribution in [2.45, 2.75) is 12.4 Å². The van der Waals surface area contributed by atoms with Crippen LogP contribution in [0.1, 0.15) is 15.2 Å². The molecule has 0 bridgehead atoms. The highest BCUT2D eigenvalue weighted by atomic mass is 32.2. The molecule has 0 N–H and O–H groups in total. The van der Waals surface area contributed by atoms with Crippen molar-refractivity contribution in [1.29, 1.82) is 0 Å². The summed E-state index contributed by atoms with van der Waals surface area (Å²) in [6.45, 7) is 1.69. The molecule has 0 aliphatic heterocycles. The molecule has 2 rings (SSSR count). The Bertz CT molecular complexity index is 869. The van der Waals surface area contributed by atoms with E-state index in [1.807, 2.05) is 0 Å². The Morgan fingerprint density at radius 3 is 2.33 bits per heavy atom. The minimum absolute atomic E-state index is 0.0614. The predicted molar refractivity (Wildman–Crippen MR) is 81.4 cm³/mol. The van der Waals surface area contributed by atoms with E-state index in [0.717, 1.165) is 18.4 Å². The summed E-state index contributed by atoms with van der Waals surface area (Å²) in [5, 5.41) is 1.34. The first-order valence-corrected chi connectivity index (χ1v) is 8.64. The maximum Gasteiger partial charge on any atom is 0.534 e. The third-order valence-corrected chi connectivity index (χ3v) is 4.92. The molecule has 0 fully saturated rings. The van der Waals surface area contributed by atoms with E-state index in [1.54, 1.807) is 31.2 Å².